The van der Waals surface area contributed by atoms with E-state index in [1.165, 1.54) is 27.4 Å². The number of nitrogens with zero attached hydrogens (tertiary/aromatic N) is 2. The Morgan fingerprint density at radius 3 is 2.09 bits per heavy atom. The van der Waals surface area contributed by atoms with Crippen LogP contribution < -0.4 is 9.64 Å². The molecule has 33 heavy (non-hydrogen) atoms. The lowest BCUT2D eigenvalue weighted by molar-refractivity contribution is 0.309. The van der Waals surface area contributed by atoms with Gasteiger partial charge in [0.2, 0.25) is 0 Å². The van der Waals surface area contributed by atoms with Gasteiger partial charge in [-0.25, -0.2) is 0 Å². The quantitative estimate of drug-likeness (QED) is 0.240. The number of para-hydroxylation sites is 1. The summed E-state index contributed by atoms with van der Waals surface area (Å²) in [4.78, 5) is 2.32. The lowest BCUT2D eigenvalue weighted by atomic mass is 10.1. The fraction of sp³-hybridized carbons (Fsp3) is 0.200. The third-order valence-electron chi connectivity index (χ3n) is 6.31. The van der Waals surface area contributed by atoms with E-state index in [9.17, 15) is 0 Å². The summed E-state index contributed by atoms with van der Waals surface area (Å²) in [6, 6.07) is 32.5. The van der Waals surface area contributed by atoms with Gasteiger partial charge in [-0.2, -0.15) is 0 Å². The van der Waals surface area contributed by atoms with E-state index in [1.54, 1.807) is 0 Å². The average molecular weight is 435 g/mol. The van der Waals surface area contributed by atoms with Crippen molar-refractivity contribution in [1.82, 2.24) is 4.57 Å². The van der Waals surface area contributed by atoms with Crippen molar-refractivity contribution in [1.29, 1.82) is 0 Å². The van der Waals surface area contributed by atoms with Gasteiger partial charge in [-0.15, -0.1) is 0 Å². The maximum absolute atomic E-state index is 5.90. The zero-order chi connectivity index (χ0) is 22.8. The van der Waals surface area contributed by atoms with E-state index in [0.717, 1.165) is 42.3 Å². The molecular formula is C30H30N2O. The lowest BCUT2D eigenvalue weighted by Gasteiger charge is -2.26. The Morgan fingerprint density at radius 2 is 1.36 bits per heavy atom. The van der Waals surface area contributed by atoms with Crippen LogP contribution in [0.4, 0.5) is 17.1 Å². The molecule has 1 heterocycles. The molecule has 0 saturated carbocycles. The molecule has 4 aromatic carbocycles. The van der Waals surface area contributed by atoms with E-state index in [4.69, 9.17) is 4.74 Å². The summed E-state index contributed by atoms with van der Waals surface area (Å²) < 4.78 is 8.17. The van der Waals surface area contributed by atoms with Gasteiger partial charge in [-0.3, -0.25) is 0 Å². The second-order valence-electron chi connectivity index (χ2n) is 8.64. The van der Waals surface area contributed by atoms with Crippen LogP contribution in [0, 0.1) is 6.92 Å². The minimum atomic E-state index is 0.759. The fourth-order valence-corrected chi connectivity index (χ4v) is 4.46. The molecule has 0 saturated heterocycles. The Hall–Kier alpha value is -3.72. The fourth-order valence-electron chi connectivity index (χ4n) is 4.46. The number of unbranched alkanes of at least 4 members (excludes halogenated alkanes) is 1. The Bertz CT molecular complexity index is 1380. The first-order valence-electron chi connectivity index (χ1n) is 11.7. The summed E-state index contributed by atoms with van der Waals surface area (Å²) in [7, 11) is 2.14. The molecule has 0 spiro atoms. The summed E-state index contributed by atoms with van der Waals surface area (Å²) in [5, 5.41) is 2.54. The zero-order valence-electron chi connectivity index (χ0n) is 19.6. The first-order chi connectivity index (χ1) is 16.2. The highest BCUT2D eigenvalue weighted by molar-refractivity contribution is 6.09. The van der Waals surface area contributed by atoms with Gasteiger partial charge in [0, 0.05) is 45.9 Å². The molecule has 0 bridgehead atoms. The Balaban J connectivity index is 1.61. The van der Waals surface area contributed by atoms with Crippen molar-refractivity contribution >= 4 is 38.9 Å². The standard InChI is InChI=1S/C30H30N2O/c1-4-5-20-33-26-17-14-24(15-18-26)32(23-12-10-22(2)11-13-23)25-16-19-30-28(21-25)27-8-6-7-9-29(27)31(30)3/h6-19,21H,4-5,20H2,1-3H3. The summed E-state index contributed by atoms with van der Waals surface area (Å²) in [5.41, 5.74) is 7.13. The number of anilines is 3. The van der Waals surface area contributed by atoms with E-state index < -0.39 is 0 Å². The highest BCUT2D eigenvalue weighted by atomic mass is 16.5. The molecule has 166 valence electrons. The van der Waals surface area contributed by atoms with Gasteiger partial charge in [-0.05, 0) is 74.0 Å². The van der Waals surface area contributed by atoms with Crippen LogP contribution >= 0.6 is 0 Å². The van der Waals surface area contributed by atoms with Gasteiger partial charge < -0.3 is 14.2 Å². The van der Waals surface area contributed by atoms with E-state index in [-0.39, 0.29) is 0 Å². The smallest absolute Gasteiger partial charge is 0.119 e. The number of hydrogen-bond acceptors (Lipinski definition) is 2. The van der Waals surface area contributed by atoms with E-state index in [0.29, 0.717) is 0 Å². The van der Waals surface area contributed by atoms with Gasteiger partial charge in [0.05, 0.1) is 6.61 Å². The summed E-state index contributed by atoms with van der Waals surface area (Å²) in [5.74, 6) is 0.917. The number of rotatable bonds is 7. The second kappa shape index (κ2) is 9.03. The first-order valence-corrected chi connectivity index (χ1v) is 11.7. The predicted octanol–water partition coefficient (Wildman–Crippen LogP) is 8.29. The number of aromatic nitrogens is 1. The highest BCUT2D eigenvalue weighted by Crippen LogP contribution is 2.38. The molecule has 0 aliphatic rings. The Kier molecular flexibility index (Phi) is 5.78. The van der Waals surface area contributed by atoms with E-state index in [1.807, 2.05) is 0 Å². The van der Waals surface area contributed by atoms with Gasteiger partial charge in [0.15, 0.2) is 0 Å². The van der Waals surface area contributed by atoms with Crippen LogP contribution in [0.5, 0.6) is 5.75 Å². The van der Waals surface area contributed by atoms with Gasteiger partial charge >= 0.3 is 0 Å². The third-order valence-corrected chi connectivity index (χ3v) is 6.31. The molecule has 0 atom stereocenters. The highest BCUT2D eigenvalue weighted by Gasteiger charge is 2.15. The summed E-state index contributed by atoms with van der Waals surface area (Å²) in [6.07, 6.45) is 2.21. The molecule has 0 aliphatic heterocycles. The molecule has 5 rings (SSSR count). The van der Waals surface area contributed by atoms with Crippen LogP contribution in [-0.4, -0.2) is 11.2 Å². The SMILES string of the molecule is CCCCOc1ccc(N(c2ccc(C)cc2)c2ccc3c(c2)c2ccccc2n3C)cc1. The van der Waals surface area contributed by atoms with Crippen LogP contribution in [0.25, 0.3) is 21.8 Å². The number of aryl methyl sites for hydroxylation is 2. The van der Waals surface area contributed by atoms with E-state index >= 15 is 0 Å². The number of fused-ring (bicyclic) bond motifs is 3. The molecule has 1 aromatic heterocycles. The maximum atomic E-state index is 5.90. The van der Waals surface area contributed by atoms with Crippen molar-refractivity contribution in [3.63, 3.8) is 0 Å². The molecule has 3 heteroatoms. The summed E-state index contributed by atoms with van der Waals surface area (Å²) in [6.45, 7) is 5.06. The van der Waals surface area contributed by atoms with Crippen LogP contribution in [0.2, 0.25) is 0 Å². The molecular weight excluding hydrogens is 404 g/mol. The van der Waals surface area contributed by atoms with Crippen LogP contribution in [0.15, 0.2) is 91.0 Å². The summed E-state index contributed by atoms with van der Waals surface area (Å²) >= 11 is 0. The average Bonchev–Trinajstić information content (AvgIpc) is 3.13. The molecule has 0 unspecified atom stereocenters. The number of benzene rings is 4. The molecule has 0 radical (unpaired) electrons. The lowest BCUT2D eigenvalue weighted by Crippen LogP contribution is -2.10. The minimum absolute atomic E-state index is 0.759. The predicted molar refractivity (Wildman–Crippen MR) is 140 cm³/mol. The zero-order valence-corrected chi connectivity index (χ0v) is 19.6. The molecule has 5 aromatic rings. The first kappa shape index (κ1) is 21.1. The largest absolute Gasteiger partial charge is 0.494 e. The normalized spacial score (nSPS) is 11.2. The van der Waals surface area contributed by atoms with Crippen LogP contribution in [-0.2, 0) is 7.05 Å². The number of ether oxygens (including phenoxy) is 1. The molecule has 0 aliphatic carbocycles. The molecule has 3 nitrogen and oxygen atoms in total. The Labute approximate surface area is 195 Å². The molecule has 0 amide bonds. The molecule has 0 fully saturated rings. The van der Waals surface area contributed by atoms with Crippen LogP contribution in [0.3, 0.4) is 0 Å². The van der Waals surface area contributed by atoms with E-state index in [2.05, 4.69) is 121 Å². The van der Waals surface area contributed by atoms with Gasteiger partial charge in [-0.1, -0.05) is 49.2 Å². The van der Waals surface area contributed by atoms with Crippen molar-refractivity contribution in [2.24, 2.45) is 7.05 Å². The topological polar surface area (TPSA) is 17.4 Å². The van der Waals surface area contributed by atoms with Crippen molar-refractivity contribution in [2.45, 2.75) is 26.7 Å². The maximum Gasteiger partial charge on any atom is 0.119 e. The van der Waals surface area contributed by atoms with Gasteiger partial charge in [0.1, 0.15) is 5.75 Å². The van der Waals surface area contributed by atoms with Crippen molar-refractivity contribution in [2.75, 3.05) is 11.5 Å². The van der Waals surface area contributed by atoms with Gasteiger partial charge in [0.25, 0.3) is 0 Å². The minimum Gasteiger partial charge on any atom is -0.494 e. The Morgan fingerprint density at radius 1 is 0.727 bits per heavy atom. The van der Waals surface area contributed by atoms with Crippen LogP contribution in [0.1, 0.15) is 25.3 Å². The number of hydrogen-bond donors (Lipinski definition) is 0. The van der Waals surface area contributed by atoms with Crippen molar-refractivity contribution in [3.05, 3.63) is 96.6 Å². The van der Waals surface area contributed by atoms with Crippen molar-refractivity contribution in [3.8, 4) is 5.75 Å². The molecule has 0 N–H and O–H groups in total. The third kappa shape index (κ3) is 4.07. The monoisotopic (exact) mass is 434 g/mol. The van der Waals surface area contributed by atoms with Crippen molar-refractivity contribution < 1.29 is 4.74 Å². The second-order valence-corrected chi connectivity index (χ2v) is 8.64.